The van der Waals surface area contributed by atoms with Crippen LogP contribution in [-0.2, 0) is 9.53 Å². The number of hydrogen-bond acceptors (Lipinski definition) is 2. The second-order valence-electron chi connectivity index (χ2n) is 4.20. The molecule has 0 saturated carbocycles. The Balaban J connectivity index is 1.79. The van der Waals surface area contributed by atoms with Crippen LogP contribution in [0.2, 0.25) is 0 Å². The van der Waals surface area contributed by atoms with Gasteiger partial charge in [-0.3, -0.25) is 4.79 Å². The highest BCUT2D eigenvalue weighted by atomic mass is 127. The molecule has 4 heteroatoms. The maximum atomic E-state index is 11.8. The maximum Gasteiger partial charge on any atom is 0.224 e. The number of carbonyl (C=O) groups is 1. The van der Waals surface area contributed by atoms with Gasteiger partial charge in [0.05, 0.1) is 11.8 Å². The monoisotopic (exact) mass is 345 g/mol. The van der Waals surface area contributed by atoms with Gasteiger partial charge < -0.3 is 10.1 Å². The highest BCUT2D eigenvalue weighted by Gasteiger charge is 2.16. The molecule has 2 rings (SSSR count). The molecule has 0 aliphatic carbocycles. The maximum absolute atomic E-state index is 11.8. The summed E-state index contributed by atoms with van der Waals surface area (Å²) in [6.45, 7) is 0.850. The zero-order valence-electron chi connectivity index (χ0n) is 9.62. The fraction of sp³-hybridized carbons (Fsp3) is 0.462. The largest absolute Gasteiger partial charge is 0.378 e. The van der Waals surface area contributed by atoms with Gasteiger partial charge in [0.15, 0.2) is 0 Å². The second-order valence-corrected chi connectivity index (χ2v) is 5.36. The Labute approximate surface area is 115 Å². The standard InChI is InChI=1S/C13H16INO2/c14-11-5-1-2-6-12(11)15-13(16)8-7-10-4-3-9-17-10/h1-2,5-6,10H,3-4,7-9H2,(H,15,16). The molecular weight excluding hydrogens is 329 g/mol. The van der Waals surface area contributed by atoms with Crippen LogP contribution < -0.4 is 5.32 Å². The van der Waals surface area contributed by atoms with Crippen molar-refractivity contribution in [3.05, 3.63) is 27.8 Å². The van der Waals surface area contributed by atoms with Crippen LogP contribution >= 0.6 is 22.6 Å². The summed E-state index contributed by atoms with van der Waals surface area (Å²) in [6.07, 6.45) is 3.87. The summed E-state index contributed by atoms with van der Waals surface area (Å²) in [5.41, 5.74) is 0.894. The van der Waals surface area contributed by atoms with Crippen LogP contribution in [0.4, 0.5) is 5.69 Å². The van der Waals surface area contributed by atoms with Crippen molar-refractivity contribution >= 4 is 34.2 Å². The Hall–Kier alpha value is -0.620. The number of para-hydroxylation sites is 1. The molecule has 1 aromatic carbocycles. The van der Waals surface area contributed by atoms with Gasteiger partial charge in [-0.1, -0.05) is 12.1 Å². The third kappa shape index (κ3) is 3.96. The number of halogens is 1. The summed E-state index contributed by atoms with van der Waals surface area (Å²) in [7, 11) is 0. The third-order valence-electron chi connectivity index (χ3n) is 2.87. The molecule has 1 aromatic rings. The van der Waals surface area contributed by atoms with Crippen LogP contribution in [0.1, 0.15) is 25.7 Å². The molecule has 0 spiro atoms. The molecule has 1 atom stereocenters. The number of benzene rings is 1. The van der Waals surface area contributed by atoms with Crippen molar-refractivity contribution in [2.75, 3.05) is 11.9 Å². The summed E-state index contributed by atoms with van der Waals surface area (Å²) in [4.78, 5) is 11.8. The molecule has 1 amide bonds. The SMILES string of the molecule is O=C(CCC1CCCO1)Nc1ccccc1I. The molecule has 17 heavy (non-hydrogen) atoms. The minimum atomic E-state index is 0.0737. The summed E-state index contributed by atoms with van der Waals surface area (Å²) in [5, 5.41) is 2.93. The van der Waals surface area contributed by atoms with Gasteiger partial charge >= 0.3 is 0 Å². The van der Waals surface area contributed by atoms with Gasteiger partial charge in [-0.05, 0) is 54.0 Å². The van der Waals surface area contributed by atoms with Gasteiger partial charge in [-0.25, -0.2) is 0 Å². The van der Waals surface area contributed by atoms with Gasteiger partial charge in [-0.15, -0.1) is 0 Å². The summed E-state index contributed by atoms with van der Waals surface area (Å²) < 4.78 is 6.56. The molecule has 92 valence electrons. The first-order valence-corrected chi connectivity index (χ1v) is 6.99. The van der Waals surface area contributed by atoms with Crippen molar-refractivity contribution in [2.24, 2.45) is 0 Å². The van der Waals surface area contributed by atoms with E-state index in [2.05, 4.69) is 27.9 Å². The van der Waals surface area contributed by atoms with Crippen molar-refractivity contribution < 1.29 is 9.53 Å². The molecule has 1 aliphatic heterocycles. The first kappa shape index (κ1) is 12.8. The summed E-state index contributed by atoms with van der Waals surface area (Å²) >= 11 is 2.22. The number of amides is 1. The number of ether oxygens (including phenoxy) is 1. The van der Waals surface area contributed by atoms with E-state index in [1.165, 1.54) is 0 Å². The molecule has 1 N–H and O–H groups in total. The molecule has 1 unspecified atom stereocenters. The van der Waals surface area contributed by atoms with Crippen LogP contribution in [0.5, 0.6) is 0 Å². The summed E-state index contributed by atoms with van der Waals surface area (Å²) in [6, 6.07) is 7.80. The number of anilines is 1. The average molecular weight is 345 g/mol. The predicted octanol–water partition coefficient (Wildman–Crippen LogP) is 3.19. The lowest BCUT2D eigenvalue weighted by Gasteiger charge is -2.10. The lowest BCUT2D eigenvalue weighted by Crippen LogP contribution is -2.15. The van der Waals surface area contributed by atoms with Crippen LogP contribution in [0.3, 0.4) is 0 Å². The number of carbonyl (C=O) groups excluding carboxylic acids is 1. The van der Waals surface area contributed by atoms with E-state index in [1.54, 1.807) is 0 Å². The Morgan fingerprint density at radius 2 is 2.29 bits per heavy atom. The molecule has 0 aromatic heterocycles. The molecular formula is C13H16INO2. The molecule has 3 nitrogen and oxygen atoms in total. The van der Waals surface area contributed by atoms with E-state index in [9.17, 15) is 4.79 Å². The lowest BCUT2D eigenvalue weighted by molar-refractivity contribution is -0.116. The van der Waals surface area contributed by atoms with Gasteiger partial charge in [0, 0.05) is 16.6 Å². The van der Waals surface area contributed by atoms with Crippen molar-refractivity contribution in [3.8, 4) is 0 Å². The Morgan fingerprint density at radius 1 is 1.47 bits per heavy atom. The van der Waals surface area contributed by atoms with Crippen LogP contribution in [0, 0.1) is 3.57 Å². The van der Waals surface area contributed by atoms with E-state index >= 15 is 0 Å². The van der Waals surface area contributed by atoms with Crippen LogP contribution in [0.15, 0.2) is 24.3 Å². The first-order chi connectivity index (χ1) is 8.25. The molecule has 1 fully saturated rings. The van der Waals surface area contributed by atoms with Gasteiger partial charge in [0.25, 0.3) is 0 Å². The van der Waals surface area contributed by atoms with Crippen molar-refractivity contribution in [2.45, 2.75) is 31.8 Å². The smallest absolute Gasteiger partial charge is 0.224 e. The van der Waals surface area contributed by atoms with E-state index in [-0.39, 0.29) is 12.0 Å². The highest BCUT2D eigenvalue weighted by Crippen LogP contribution is 2.19. The van der Waals surface area contributed by atoms with Gasteiger partial charge in [0.2, 0.25) is 5.91 Å². The third-order valence-corrected chi connectivity index (χ3v) is 3.81. The minimum absolute atomic E-state index is 0.0737. The minimum Gasteiger partial charge on any atom is -0.378 e. The Bertz CT molecular complexity index is 389. The Kier molecular flexibility index (Phi) is 4.79. The van der Waals surface area contributed by atoms with Gasteiger partial charge in [-0.2, -0.15) is 0 Å². The normalized spacial score (nSPS) is 19.2. The lowest BCUT2D eigenvalue weighted by atomic mass is 10.1. The zero-order chi connectivity index (χ0) is 12.1. The van der Waals surface area contributed by atoms with Crippen LogP contribution in [-0.4, -0.2) is 18.6 Å². The zero-order valence-corrected chi connectivity index (χ0v) is 11.8. The van der Waals surface area contributed by atoms with E-state index in [4.69, 9.17) is 4.74 Å². The average Bonchev–Trinajstić information content (AvgIpc) is 2.82. The highest BCUT2D eigenvalue weighted by molar-refractivity contribution is 14.1. The van der Waals surface area contributed by atoms with Crippen molar-refractivity contribution in [1.82, 2.24) is 0 Å². The topological polar surface area (TPSA) is 38.3 Å². The van der Waals surface area contributed by atoms with Gasteiger partial charge in [0.1, 0.15) is 0 Å². The van der Waals surface area contributed by atoms with E-state index in [1.807, 2.05) is 24.3 Å². The fourth-order valence-corrected chi connectivity index (χ4v) is 2.46. The quantitative estimate of drug-likeness (QED) is 0.852. The first-order valence-electron chi connectivity index (χ1n) is 5.91. The molecule has 1 aliphatic rings. The van der Waals surface area contributed by atoms with Crippen LogP contribution in [0.25, 0.3) is 0 Å². The van der Waals surface area contributed by atoms with E-state index in [0.29, 0.717) is 6.42 Å². The van der Waals surface area contributed by atoms with E-state index in [0.717, 1.165) is 35.1 Å². The number of hydrogen-bond donors (Lipinski definition) is 1. The van der Waals surface area contributed by atoms with E-state index < -0.39 is 0 Å². The predicted molar refractivity (Wildman–Crippen MR) is 76.0 cm³/mol. The Morgan fingerprint density at radius 3 is 3.00 bits per heavy atom. The second kappa shape index (κ2) is 6.35. The molecule has 1 heterocycles. The van der Waals surface area contributed by atoms with Crippen molar-refractivity contribution in [3.63, 3.8) is 0 Å². The number of rotatable bonds is 4. The number of nitrogens with one attached hydrogen (secondary N) is 1. The molecule has 0 bridgehead atoms. The summed E-state index contributed by atoms with van der Waals surface area (Å²) in [5.74, 6) is 0.0737. The van der Waals surface area contributed by atoms with Crippen molar-refractivity contribution in [1.29, 1.82) is 0 Å². The fourth-order valence-electron chi connectivity index (χ4n) is 1.94. The molecule has 1 saturated heterocycles. The molecule has 0 radical (unpaired) electrons.